The summed E-state index contributed by atoms with van der Waals surface area (Å²) in [6.45, 7) is -1.15. The third-order valence-corrected chi connectivity index (χ3v) is 2.09. The fourth-order valence-corrected chi connectivity index (χ4v) is 1.17. The first kappa shape index (κ1) is 14.8. The van der Waals surface area contributed by atoms with E-state index in [9.17, 15) is 14.0 Å². The zero-order valence-corrected chi connectivity index (χ0v) is 8.76. The van der Waals surface area contributed by atoms with Gasteiger partial charge in [-0.3, -0.25) is 4.79 Å². The van der Waals surface area contributed by atoms with Gasteiger partial charge in [0.1, 0.15) is 6.04 Å². The second kappa shape index (κ2) is 8.00. The molecule has 0 fully saturated rings. The summed E-state index contributed by atoms with van der Waals surface area (Å²) in [5.41, 5.74) is 5.24. The molecule has 0 aliphatic rings. The number of alkyl halides is 1. The SMILES string of the molecule is NC(CCCCC(OC[18F])C(=O)O)C(=O)O. The Labute approximate surface area is 92.2 Å². The van der Waals surface area contributed by atoms with E-state index in [2.05, 4.69) is 4.74 Å². The molecule has 0 rings (SSSR count). The Kier molecular flexibility index (Phi) is 7.40. The van der Waals surface area contributed by atoms with Crippen molar-refractivity contribution in [2.75, 3.05) is 6.86 Å². The number of carbonyl (C=O) groups is 2. The second-order valence-corrected chi connectivity index (χ2v) is 3.33. The molecule has 0 spiro atoms. The van der Waals surface area contributed by atoms with Gasteiger partial charge in [0.15, 0.2) is 13.0 Å². The molecule has 0 saturated carbocycles. The van der Waals surface area contributed by atoms with Gasteiger partial charge in [0.2, 0.25) is 0 Å². The Morgan fingerprint density at radius 2 is 1.75 bits per heavy atom. The normalized spacial score (nSPS) is 14.4. The number of rotatable bonds is 9. The maximum absolute atomic E-state index is 11.8. The molecule has 0 amide bonds. The molecule has 0 aliphatic carbocycles. The van der Waals surface area contributed by atoms with Crippen LogP contribution in [-0.4, -0.2) is 41.2 Å². The van der Waals surface area contributed by atoms with Crippen molar-refractivity contribution in [3.63, 3.8) is 0 Å². The molecule has 2 atom stereocenters. The molecule has 7 heteroatoms. The quantitative estimate of drug-likeness (QED) is 0.498. The standard InChI is InChI=1S/C9H16FNO5/c10-5-16-7(9(14)15)4-2-1-3-6(11)8(12)13/h6-7H,1-5,11H2,(H,12,13)(H,14,15)/i10-1. The van der Waals surface area contributed by atoms with Crippen molar-refractivity contribution in [3.05, 3.63) is 0 Å². The number of carboxylic acid groups (broad SMARTS) is 2. The minimum Gasteiger partial charge on any atom is -0.480 e. The molecule has 4 N–H and O–H groups in total. The van der Waals surface area contributed by atoms with E-state index in [-0.39, 0.29) is 12.8 Å². The molecule has 0 aliphatic heterocycles. The molecule has 0 bridgehead atoms. The van der Waals surface area contributed by atoms with Gasteiger partial charge < -0.3 is 20.7 Å². The maximum Gasteiger partial charge on any atom is 0.332 e. The van der Waals surface area contributed by atoms with Crippen LogP contribution < -0.4 is 5.73 Å². The highest BCUT2D eigenvalue weighted by Crippen LogP contribution is 2.08. The van der Waals surface area contributed by atoms with Crippen LogP contribution in [-0.2, 0) is 14.3 Å². The summed E-state index contributed by atoms with van der Waals surface area (Å²) in [4.78, 5) is 20.9. The van der Waals surface area contributed by atoms with E-state index >= 15 is 0 Å². The van der Waals surface area contributed by atoms with E-state index in [1.165, 1.54) is 0 Å². The zero-order valence-electron chi connectivity index (χ0n) is 8.76. The lowest BCUT2D eigenvalue weighted by atomic mass is 10.1. The Balaban J connectivity index is 3.70. The minimum atomic E-state index is -1.22. The highest BCUT2D eigenvalue weighted by molar-refractivity contribution is 5.73. The van der Waals surface area contributed by atoms with Crippen molar-refractivity contribution in [1.29, 1.82) is 0 Å². The number of unbranched alkanes of at least 4 members (excludes halogenated alkanes) is 1. The molecule has 16 heavy (non-hydrogen) atoms. The monoisotopic (exact) mass is 236 g/mol. The predicted molar refractivity (Wildman–Crippen MR) is 52.6 cm³/mol. The predicted octanol–water partition coefficient (Wildman–Crippen LogP) is 0.355. The van der Waals surface area contributed by atoms with Gasteiger partial charge >= 0.3 is 11.9 Å². The molecule has 0 aromatic heterocycles. The van der Waals surface area contributed by atoms with Crippen molar-refractivity contribution < 1.29 is 28.9 Å². The first-order valence-electron chi connectivity index (χ1n) is 4.87. The number of hydrogen-bond donors (Lipinski definition) is 3. The topological polar surface area (TPSA) is 110 Å². The smallest absolute Gasteiger partial charge is 0.332 e. The van der Waals surface area contributed by atoms with Crippen LogP contribution in [0, 0.1) is 0 Å². The summed E-state index contributed by atoms with van der Waals surface area (Å²) < 4.78 is 16.1. The van der Waals surface area contributed by atoms with Crippen molar-refractivity contribution >= 4 is 11.9 Å². The van der Waals surface area contributed by atoms with Gasteiger partial charge in [-0.15, -0.1) is 0 Å². The molecular weight excluding hydrogens is 220 g/mol. The second-order valence-electron chi connectivity index (χ2n) is 3.33. The van der Waals surface area contributed by atoms with Crippen LogP contribution in [0.15, 0.2) is 0 Å². The van der Waals surface area contributed by atoms with Crippen molar-refractivity contribution in [2.24, 2.45) is 5.73 Å². The molecule has 0 heterocycles. The van der Waals surface area contributed by atoms with E-state index in [1.807, 2.05) is 0 Å². The van der Waals surface area contributed by atoms with Crippen LogP contribution in [0.5, 0.6) is 0 Å². The first-order valence-corrected chi connectivity index (χ1v) is 4.87. The van der Waals surface area contributed by atoms with E-state index in [1.54, 1.807) is 0 Å². The largest absolute Gasteiger partial charge is 0.480 e. The van der Waals surface area contributed by atoms with E-state index < -0.39 is 30.9 Å². The molecule has 0 saturated heterocycles. The van der Waals surface area contributed by atoms with E-state index in [0.29, 0.717) is 12.8 Å². The summed E-state index contributed by atoms with van der Waals surface area (Å²) in [5, 5.41) is 17.1. The lowest BCUT2D eigenvalue weighted by Crippen LogP contribution is -2.30. The number of ether oxygens (including phenoxy) is 1. The van der Waals surface area contributed by atoms with Gasteiger partial charge in [-0.25, -0.2) is 9.18 Å². The van der Waals surface area contributed by atoms with Crippen LogP contribution in [0.3, 0.4) is 0 Å². The fourth-order valence-electron chi connectivity index (χ4n) is 1.17. The van der Waals surface area contributed by atoms with Crippen LogP contribution in [0.25, 0.3) is 0 Å². The number of carboxylic acids is 2. The van der Waals surface area contributed by atoms with Gasteiger partial charge in [-0.05, 0) is 12.8 Å². The van der Waals surface area contributed by atoms with Gasteiger partial charge in [0.25, 0.3) is 0 Å². The maximum atomic E-state index is 11.8. The highest BCUT2D eigenvalue weighted by atomic mass is 18.2. The average Bonchev–Trinajstić information content (AvgIpc) is 2.21. The Hall–Kier alpha value is -1.21. The lowest BCUT2D eigenvalue weighted by molar-refractivity contribution is -0.154. The van der Waals surface area contributed by atoms with Gasteiger partial charge in [-0.2, -0.15) is 0 Å². The highest BCUT2D eigenvalue weighted by Gasteiger charge is 2.18. The third kappa shape index (κ3) is 6.31. The summed E-state index contributed by atoms with van der Waals surface area (Å²) in [6, 6.07) is -0.939. The summed E-state index contributed by atoms with van der Waals surface area (Å²) in [6.07, 6.45) is 0.124. The van der Waals surface area contributed by atoms with Crippen LogP contribution in [0.2, 0.25) is 0 Å². The molecule has 0 radical (unpaired) electrons. The summed E-state index contributed by atoms with van der Waals surface area (Å²) in [7, 11) is 0. The molecular formula is C9H16FNO5. The van der Waals surface area contributed by atoms with Gasteiger partial charge in [-0.1, -0.05) is 12.8 Å². The Morgan fingerprint density at radius 1 is 1.19 bits per heavy atom. The minimum absolute atomic E-state index is 0.144. The van der Waals surface area contributed by atoms with E-state index in [0.717, 1.165) is 0 Å². The van der Waals surface area contributed by atoms with Crippen LogP contribution >= 0.6 is 0 Å². The number of aliphatic carboxylic acids is 2. The molecule has 0 aromatic rings. The van der Waals surface area contributed by atoms with E-state index in [4.69, 9.17) is 15.9 Å². The number of nitrogens with two attached hydrogens (primary N) is 1. The zero-order chi connectivity index (χ0) is 12.6. The molecule has 6 nitrogen and oxygen atoms in total. The van der Waals surface area contributed by atoms with Crippen molar-refractivity contribution in [1.82, 2.24) is 0 Å². The third-order valence-electron chi connectivity index (χ3n) is 2.09. The fraction of sp³-hybridized carbons (Fsp3) is 0.778. The Bertz CT molecular complexity index is 236. The average molecular weight is 236 g/mol. The van der Waals surface area contributed by atoms with Crippen molar-refractivity contribution in [3.8, 4) is 0 Å². The van der Waals surface area contributed by atoms with Crippen LogP contribution in [0.4, 0.5) is 4.39 Å². The number of hydrogen-bond acceptors (Lipinski definition) is 4. The van der Waals surface area contributed by atoms with Crippen molar-refractivity contribution in [2.45, 2.75) is 37.8 Å². The van der Waals surface area contributed by atoms with Gasteiger partial charge in [0.05, 0.1) is 0 Å². The molecule has 94 valence electrons. The lowest BCUT2D eigenvalue weighted by Gasteiger charge is -2.11. The van der Waals surface area contributed by atoms with Gasteiger partial charge in [0, 0.05) is 0 Å². The molecule has 2 unspecified atom stereocenters. The number of halogens is 1. The summed E-state index contributed by atoms with van der Waals surface area (Å²) in [5.74, 6) is -2.31. The van der Waals surface area contributed by atoms with Crippen LogP contribution in [0.1, 0.15) is 25.7 Å². The Morgan fingerprint density at radius 3 is 2.19 bits per heavy atom. The molecule has 0 aromatic carbocycles. The summed E-state index contributed by atoms with van der Waals surface area (Å²) >= 11 is 0. The first-order chi connectivity index (χ1) is 7.49.